The van der Waals surface area contributed by atoms with E-state index in [-0.39, 0.29) is 0 Å². The van der Waals surface area contributed by atoms with Crippen LogP contribution in [-0.2, 0) is 9.53 Å². The number of para-hydroxylation sites is 1. The Hall–Kier alpha value is -1.48. The zero-order chi connectivity index (χ0) is 12.8. The first-order valence-electron chi connectivity index (χ1n) is 5.18. The predicted molar refractivity (Wildman–Crippen MR) is 67.3 cm³/mol. The van der Waals surface area contributed by atoms with Crippen LogP contribution in [0.2, 0.25) is 5.02 Å². The van der Waals surface area contributed by atoms with Crippen molar-refractivity contribution in [3.8, 4) is 5.75 Å². The molecule has 0 fully saturated rings. The number of benzene rings is 1. The number of carbonyl (C=O) groups is 1. The van der Waals surface area contributed by atoms with Crippen LogP contribution in [0.5, 0.6) is 5.75 Å². The number of rotatable bonds is 5. The smallest absolute Gasteiger partial charge is 0.347 e. The quantitative estimate of drug-likeness (QED) is 0.598. The molecule has 0 N–H and O–H groups in total. The molecule has 0 saturated carbocycles. The van der Waals surface area contributed by atoms with E-state index in [0.29, 0.717) is 17.2 Å². The van der Waals surface area contributed by atoms with E-state index >= 15 is 0 Å². The molecule has 0 bridgehead atoms. The maximum Gasteiger partial charge on any atom is 0.347 e. The fourth-order valence-corrected chi connectivity index (χ4v) is 1.49. The number of hydrogen-bond donors (Lipinski definition) is 0. The van der Waals surface area contributed by atoms with Crippen molar-refractivity contribution in [3.05, 3.63) is 41.4 Å². The molecule has 1 unspecified atom stereocenters. The van der Waals surface area contributed by atoms with Gasteiger partial charge in [-0.2, -0.15) is 0 Å². The van der Waals surface area contributed by atoms with Gasteiger partial charge in [0, 0.05) is 6.42 Å². The number of ether oxygens (including phenoxy) is 2. The molecule has 1 aromatic carbocycles. The minimum Gasteiger partial charge on any atom is -0.477 e. The largest absolute Gasteiger partial charge is 0.477 e. The van der Waals surface area contributed by atoms with Crippen LogP contribution in [0, 0.1) is 0 Å². The number of methoxy groups -OCH3 is 1. The van der Waals surface area contributed by atoms with E-state index < -0.39 is 12.1 Å². The molecule has 0 heterocycles. The number of hydrogen-bond acceptors (Lipinski definition) is 3. The van der Waals surface area contributed by atoms with Gasteiger partial charge in [-0.15, -0.1) is 0 Å². The summed E-state index contributed by atoms with van der Waals surface area (Å²) in [4.78, 5) is 11.5. The predicted octanol–water partition coefficient (Wildman–Crippen LogP) is 3.23. The first-order chi connectivity index (χ1) is 8.04. The summed E-state index contributed by atoms with van der Waals surface area (Å²) < 4.78 is 10.2. The van der Waals surface area contributed by atoms with E-state index in [1.165, 1.54) is 7.11 Å². The second-order valence-electron chi connectivity index (χ2n) is 3.72. The van der Waals surface area contributed by atoms with Gasteiger partial charge in [0.1, 0.15) is 5.75 Å². The van der Waals surface area contributed by atoms with Crippen molar-refractivity contribution in [1.82, 2.24) is 0 Å². The lowest BCUT2D eigenvalue weighted by molar-refractivity contribution is -0.148. The first kappa shape index (κ1) is 13.6. The van der Waals surface area contributed by atoms with Crippen LogP contribution < -0.4 is 4.74 Å². The molecule has 0 aliphatic heterocycles. The molecule has 17 heavy (non-hydrogen) atoms. The third kappa shape index (κ3) is 4.11. The van der Waals surface area contributed by atoms with Crippen molar-refractivity contribution < 1.29 is 14.3 Å². The van der Waals surface area contributed by atoms with Crippen molar-refractivity contribution in [1.29, 1.82) is 0 Å². The molecule has 0 radical (unpaired) electrons. The van der Waals surface area contributed by atoms with E-state index in [1.54, 1.807) is 24.3 Å². The molecule has 0 saturated heterocycles. The minimum absolute atomic E-state index is 0.401. The Labute approximate surface area is 106 Å². The summed E-state index contributed by atoms with van der Waals surface area (Å²) in [5.74, 6) is 0.0266. The summed E-state index contributed by atoms with van der Waals surface area (Å²) in [6, 6.07) is 6.99. The SMILES string of the molecule is C=C(C)CC(Oc1ccccc1Cl)C(=O)OC. The van der Waals surface area contributed by atoms with Crippen molar-refractivity contribution in [2.24, 2.45) is 0 Å². The van der Waals surface area contributed by atoms with Crippen molar-refractivity contribution >= 4 is 17.6 Å². The van der Waals surface area contributed by atoms with Gasteiger partial charge >= 0.3 is 5.97 Å². The van der Waals surface area contributed by atoms with Gasteiger partial charge in [0.05, 0.1) is 12.1 Å². The van der Waals surface area contributed by atoms with Crippen LogP contribution in [0.3, 0.4) is 0 Å². The number of carbonyl (C=O) groups excluding carboxylic acids is 1. The van der Waals surface area contributed by atoms with Gasteiger partial charge in [-0.3, -0.25) is 0 Å². The molecule has 1 aromatic rings. The van der Waals surface area contributed by atoms with Crippen LogP contribution in [0.4, 0.5) is 0 Å². The topological polar surface area (TPSA) is 35.5 Å². The van der Waals surface area contributed by atoms with Crippen molar-refractivity contribution in [2.45, 2.75) is 19.4 Å². The van der Waals surface area contributed by atoms with Gasteiger partial charge in [-0.05, 0) is 19.1 Å². The normalized spacial score (nSPS) is 11.7. The molecular weight excluding hydrogens is 240 g/mol. The molecular formula is C13H15ClO3. The van der Waals surface area contributed by atoms with Gasteiger partial charge in [-0.1, -0.05) is 35.9 Å². The van der Waals surface area contributed by atoms with Crippen LogP contribution in [0.1, 0.15) is 13.3 Å². The molecule has 0 aromatic heterocycles. The van der Waals surface area contributed by atoms with Crippen LogP contribution in [0.25, 0.3) is 0 Å². The Bertz CT molecular complexity index is 415. The highest BCUT2D eigenvalue weighted by atomic mass is 35.5. The first-order valence-corrected chi connectivity index (χ1v) is 5.55. The zero-order valence-corrected chi connectivity index (χ0v) is 10.7. The highest BCUT2D eigenvalue weighted by Gasteiger charge is 2.22. The van der Waals surface area contributed by atoms with Crippen LogP contribution in [-0.4, -0.2) is 19.2 Å². The maximum absolute atomic E-state index is 11.5. The maximum atomic E-state index is 11.5. The molecule has 1 rings (SSSR count). The van der Waals surface area contributed by atoms with Gasteiger partial charge in [0.2, 0.25) is 0 Å². The third-order valence-corrected chi connectivity index (χ3v) is 2.42. The number of esters is 1. The van der Waals surface area contributed by atoms with Crippen LogP contribution in [0.15, 0.2) is 36.4 Å². The van der Waals surface area contributed by atoms with Gasteiger partial charge in [0.15, 0.2) is 6.10 Å². The lowest BCUT2D eigenvalue weighted by Crippen LogP contribution is -2.28. The molecule has 0 aliphatic rings. The third-order valence-electron chi connectivity index (χ3n) is 2.10. The summed E-state index contributed by atoms with van der Waals surface area (Å²) in [6.07, 6.45) is -0.310. The van der Waals surface area contributed by atoms with Crippen molar-refractivity contribution in [2.75, 3.05) is 7.11 Å². The monoisotopic (exact) mass is 254 g/mol. The Kier molecular flexibility index (Phi) is 5.04. The summed E-state index contributed by atoms with van der Waals surface area (Å²) in [6.45, 7) is 5.58. The Balaban J connectivity index is 2.82. The Morgan fingerprint density at radius 1 is 1.47 bits per heavy atom. The molecule has 0 aliphatic carbocycles. The van der Waals surface area contributed by atoms with Crippen molar-refractivity contribution in [3.63, 3.8) is 0 Å². The summed E-state index contributed by atoms with van der Waals surface area (Å²) >= 11 is 5.95. The average molecular weight is 255 g/mol. The standard InChI is InChI=1S/C13H15ClO3/c1-9(2)8-12(13(15)16-3)17-11-7-5-4-6-10(11)14/h4-7,12H,1,8H2,2-3H3. The summed E-state index contributed by atoms with van der Waals surface area (Å²) in [5.41, 5.74) is 0.840. The molecule has 92 valence electrons. The zero-order valence-electron chi connectivity index (χ0n) is 9.90. The van der Waals surface area contributed by atoms with Gasteiger partial charge in [-0.25, -0.2) is 4.79 Å². The van der Waals surface area contributed by atoms with E-state index in [2.05, 4.69) is 11.3 Å². The lowest BCUT2D eigenvalue weighted by atomic mass is 10.1. The fraction of sp³-hybridized carbons (Fsp3) is 0.308. The molecule has 0 spiro atoms. The second kappa shape index (κ2) is 6.30. The molecule has 3 nitrogen and oxygen atoms in total. The number of halogens is 1. The van der Waals surface area contributed by atoms with E-state index in [1.807, 2.05) is 6.92 Å². The fourth-order valence-electron chi connectivity index (χ4n) is 1.31. The molecule has 1 atom stereocenters. The van der Waals surface area contributed by atoms with Gasteiger partial charge < -0.3 is 9.47 Å². The molecule has 0 amide bonds. The summed E-state index contributed by atoms with van der Waals surface area (Å²) in [5, 5.41) is 0.461. The Morgan fingerprint density at radius 3 is 2.65 bits per heavy atom. The Morgan fingerprint density at radius 2 is 2.12 bits per heavy atom. The van der Waals surface area contributed by atoms with E-state index in [4.69, 9.17) is 16.3 Å². The highest BCUT2D eigenvalue weighted by molar-refractivity contribution is 6.32. The van der Waals surface area contributed by atoms with E-state index in [0.717, 1.165) is 5.57 Å². The average Bonchev–Trinajstić information content (AvgIpc) is 2.29. The molecule has 4 heteroatoms. The summed E-state index contributed by atoms with van der Waals surface area (Å²) in [7, 11) is 1.32. The lowest BCUT2D eigenvalue weighted by Gasteiger charge is -2.17. The van der Waals surface area contributed by atoms with Crippen LogP contribution >= 0.6 is 11.6 Å². The van der Waals surface area contributed by atoms with E-state index in [9.17, 15) is 4.79 Å². The minimum atomic E-state index is -0.711. The second-order valence-corrected chi connectivity index (χ2v) is 4.13. The van der Waals surface area contributed by atoms with Gasteiger partial charge in [0.25, 0.3) is 0 Å². The highest BCUT2D eigenvalue weighted by Crippen LogP contribution is 2.25.